The zero-order chi connectivity index (χ0) is 22.0. The van der Waals surface area contributed by atoms with Gasteiger partial charge in [0.05, 0.1) is 40.9 Å². The van der Waals surface area contributed by atoms with E-state index in [2.05, 4.69) is 22.1 Å². The summed E-state index contributed by atoms with van der Waals surface area (Å²) in [4.78, 5) is 30.5. The SMILES string of the molecule is CCOC(=O)c1cc(-c2ccc(C(=O)OC)s2)nc2n[nH]c(-c3ccc(CC)cc3)c12. The summed E-state index contributed by atoms with van der Waals surface area (Å²) in [5, 5.41) is 7.99. The van der Waals surface area contributed by atoms with Crippen LogP contribution in [0.1, 0.15) is 39.4 Å². The molecule has 0 fully saturated rings. The Morgan fingerprint density at radius 3 is 2.52 bits per heavy atom. The fourth-order valence-corrected chi connectivity index (χ4v) is 4.21. The number of pyridine rings is 1. The van der Waals surface area contributed by atoms with Crippen molar-refractivity contribution in [3.05, 3.63) is 58.5 Å². The Morgan fingerprint density at radius 2 is 1.84 bits per heavy atom. The van der Waals surface area contributed by atoms with E-state index in [0.29, 0.717) is 32.9 Å². The summed E-state index contributed by atoms with van der Waals surface area (Å²) in [6, 6.07) is 13.2. The number of aromatic nitrogens is 3. The number of hydrogen-bond donors (Lipinski definition) is 1. The van der Waals surface area contributed by atoms with Crippen LogP contribution < -0.4 is 0 Å². The molecule has 8 heteroatoms. The number of nitrogens with zero attached hydrogens (tertiary/aromatic N) is 2. The predicted octanol–water partition coefficient (Wildman–Crippen LogP) is 4.88. The number of benzene rings is 1. The Kier molecular flexibility index (Phi) is 5.81. The van der Waals surface area contributed by atoms with Crippen LogP contribution >= 0.6 is 11.3 Å². The van der Waals surface area contributed by atoms with E-state index < -0.39 is 11.9 Å². The highest BCUT2D eigenvalue weighted by molar-refractivity contribution is 7.17. The lowest BCUT2D eigenvalue weighted by Crippen LogP contribution is -2.06. The normalized spacial score (nSPS) is 10.9. The third kappa shape index (κ3) is 3.94. The fourth-order valence-electron chi connectivity index (χ4n) is 3.32. The molecule has 0 bridgehead atoms. The van der Waals surface area contributed by atoms with Gasteiger partial charge in [-0.1, -0.05) is 31.2 Å². The van der Waals surface area contributed by atoms with Crippen LogP contribution in [0.5, 0.6) is 0 Å². The zero-order valence-electron chi connectivity index (χ0n) is 17.4. The highest BCUT2D eigenvalue weighted by Crippen LogP contribution is 2.34. The van der Waals surface area contributed by atoms with Gasteiger partial charge in [-0.3, -0.25) is 5.10 Å². The number of fused-ring (bicyclic) bond motifs is 1. The Morgan fingerprint density at radius 1 is 1.06 bits per heavy atom. The molecule has 4 rings (SSSR count). The van der Waals surface area contributed by atoms with Crippen molar-refractivity contribution in [3.8, 4) is 21.8 Å². The molecule has 31 heavy (non-hydrogen) atoms. The van der Waals surface area contributed by atoms with Gasteiger partial charge in [0.1, 0.15) is 4.88 Å². The van der Waals surface area contributed by atoms with Crippen LogP contribution in [0.25, 0.3) is 32.9 Å². The largest absolute Gasteiger partial charge is 0.465 e. The average molecular weight is 436 g/mol. The molecule has 0 saturated carbocycles. The zero-order valence-corrected chi connectivity index (χ0v) is 18.2. The van der Waals surface area contributed by atoms with Crippen LogP contribution in [0.4, 0.5) is 0 Å². The van der Waals surface area contributed by atoms with E-state index in [9.17, 15) is 9.59 Å². The van der Waals surface area contributed by atoms with E-state index in [0.717, 1.165) is 16.9 Å². The first kappa shape index (κ1) is 20.7. The molecule has 0 spiro atoms. The summed E-state index contributed by atoms with van der Waals surface area (Å²) < 4.78 is 10.1. The number of H-pyrrole nitrogens is 1. The van der Waals surface area contributed by atoms with Gasteiger partial charge in [0.25, 0.3) is 0 Å². The molecule has 0 radical (unpaired) electrons. The molecule has 0 unspecified atom stereocenters. The van der Waals surface area contributed by atoms with Gasteiger partial charge in [-0.05, 0) is 37.1 Å². The Balaban J connectivity index is 1.87. The third-order valence-electron chi connectivity index (χ3n) is 4.92. The van der Waals surface area contributed by atoms with Crippen molar-refractivity contribution >= 4 is 34.3 Å². The summed E-state index contributed by atoms with van der Waals surface area (Å²) in [5.41, 5.74) is 4.15. The molecular formula is C23H21N3O4S. The summed E-state index contributed by atoms with van der Waals surface area (Å²) in [6.45, 7) is 4.11. The van der Waals surface area contributed by atoms with Crippen LogP contribution in [0.15, 0.2) is 42.5 Å². The summed E-state index contributed by atoms with van der Waals surface area (Å²) in [5.74, 6) is -0.866. The molecular weight excluding hydrogens is 414 g/mol. The van der Waals surface area contributed by atoms with Crippen LogP contribution in [0.3, 0.4) is 0 Å². The maximum atomic E-state index is 12.8. The molecule has 0 amide bonds. The average Bonchev–Trinajstić information content (AvgIpc) is 3.46. The van der Waals surface area contributed by atoms with Crippen molar-refractivity contribution in [3.63, 3.8) is 0 Å². The second-order valence-corrected chi connectivity index (χ2v) is 7.86. The van der Waals surface area contributed by atoms with E-state index in [1.54, 1.807) is 25.1 Å². The molecule has 0 aliphatic rings. The highest BCUT2D eigenvalue weighted by Gasteiger charge is 2.22. The van der Waals surface area contributed by atoms with Crippen LogP contribution in [-0.4, -0.2) is 40.8 Å². The number of esters is 2. The maximum absolute atomic E-state index is 12.8. The minimum absolute atomic E-state index is 0.252. The quantitative estimate of drug-likeness (QED) is 0.434. The molecule has 158 valence electrons. The lowest BCUT2D eigenvalue weighted by molar-refractivity contribution is 0.0527. The van der Waals surface area contributed by atoms with E-state index in [1.807, 2.05) is 24.3 Å². The topological polar surface area (TPSA) is 94.2 Å². The molecule has 1 aromatic carbocycles. The van der Waals surface area contributed by atoms with E-state index >= 15 is 0 Å². The Bertz CT molecular complexity index is 1260. The molecule has 0 aliphatic carbocycles. The fraction of sp³-hybridized carbons (Fsp3) is 0.217. The predicted molar refractivity (Wildman–Crippen MR) is 119 cm³/mol. The van der Waals surface area contributed by atoms with Gasteiger partial charge in [0.15, 0.2) is 5.65 Å². The number of methoxy groups -OCH3 is 1. The smallest absolute Gasteiger partial charge is 0.348 e. The lowest BCUT2D eigenvalue weighted by atomic mass is 10.0. The summed E-state index contributed by atoms with van der Waals surface area (Å²) in [7, 11) is 1.34. The lowest BCUT2D eigenvalue weighted by Gasteiger charge is -2.08. The second-order valence-electron chi connectivity index (χ2n) is 6.78. The van der Waals surface area contributed by atoms with Gasteiger partial charge in [-0.15, -0.1) is 11.3 Å². The van der Waals surface area contributed by atoms with Gasteiger partial charge in [-0.25, -0.2) is 14.6 Å². The van der Waals surface area contributed by atoms with Gasteiger partial charge >= 0.3 is 11.9 Å². The molecule has 0 atom stereocenters. The van der Waals surface area contributed by atoms with Gasteiger partial charge in [0.2, 0.25) is 0 Å². The molecule has 4 aromatic rings. The van der Waals surface area contributed by atoms with Crippen LogP contribution in [0.2, 0.25) is 0 Å². The molecule has 0 aliphatic heterocycles. The van der Waals surface area contributed by atoms with Crippen molar-refractivity contribution in [2.75, 3.05) is 13.7 Å². The first-order chi connectivity index (χ1) is 15.0. The standard InChI is InChI=1S/C23H21N3O4S/c1-4-13-6-8-14(9-7-13)20-19-15(22(27)30-5-2)12-16(24-21(19)26-25-20)17-10-11-18(31-17)23(28)29-3/h6-12H,4-5H2,1-3H3,(H,24,25,26). The van der Waals surface area contributed by atoms with E-state index in [1.165, 1.54) is 24.0 Å². The minimum atomic E-state index is -0.450. The molecule has 3 aromatic heterocycles. The molecule has 1 N–H and O–H groups in total. The summed E-state index contributed by atoms with van der Waals surface area (Å²) >= 11 is 1.24. The maximum Gasteiger partial charge on any atom is 0.348 e. The number of carbonyl (C=O) groups is 2. The number of nitrogens with one attached hydrogen (secondary N) is 1. The van der Waals surface area contributed by atoms with Crippen molar-refractivity contribution in [2.45, 2.75) is 20.3 Å². The highest BCUT2D eigenvalue weighted by atomic mass is 32.1. The number of carbonyl (C=O) groups excluding carboxylic acids is 2. The molecule has 7 nitrogen and oxygen atoms in total. The van der Waals surface area contributed by atoms with Crippen molar-refractivity contribution in [1.82, 2.24) is 15.2 Å². The molecule has 3 heterocycles. The number of hydrogen-bond acceptors (Lipinski definition) is 7. The van der Waals surface area contributed by atoms with Crippen molar-refractivity contribution in [2.24, 2.45) is 0 Å². The minimum Gasteiger partial charge on any atom is -0.465 e. The number of ether oxygens (including phenoxy) is 2. The second kappa shape index (κ2) is 8.69. The number of aromatic amines is 1. The summed E-state index contributed by atoms with van der Waals surface area (Å²) in [6.07, 6.45) is 0.942. The monoisotopic (exact) mass is 435 g/mol. The van der Waals surface area contributed by atoms with Gasteiger partial charge in [-0.2, -0.15) is 5.10 Å². The van der Waals surface area contributed by atoms with E-state index in [-0.39, 0.29) is 6.61 Å². The van der Waals surface area contributed by atoms with Crippen LogP contribution in [-0.2, 0) is 15.9 Å². The number of aryl methyl sites for hydroxylation is 1. The number of rotatable bonds is 6. The Labute approximate surface area is 183 Å². The Hall–Kier alpha value is -3.52. The first-order valence-corrected chi connectivity index (χ1v) is 10.7. The van der Waals surface area contributed by atoms with Crippen molar-refractivity contribution < 1.29 is 19.1 Å². The van der Waals surface area contributed by atoms with Gasteiger partial charge < -0.3 is 9.47 Å². The molecule has 0 saturated heterocycles. The number of thiophene rings is 1. The van der Waals surface area contributed by atoms with E-state index in [4.69, 9.17) is 9.47 Å². The first-order valence-electron chi connectivity index (χ1n) is 9.89. The van der Waals surface area contributed by atoms with Crippen LogP contribution in [0, 0.1) is 0 Å². The van der Waals surface area contributed by atoms with Crippen molar-refractivity contribution in [1.29, 1.82) is 0 Å². The van der Waals surface area contributed by atoms with Gasteiger partial charge in [0, 0.05) is 5.56 Å². The third-order valence-corrected chi connectivity index (χ3v) is 6.00.